The third-order valence-corrected chi connectivity index (χ3v) is 8.14. The smallest absolute Gasteiger partial charge is 0.315 e. The molecule has 41 heavy (non-hydrogen) atoms. The van der Waals surface area contributed by atoms with Crippen molar-refractivity contribution in [3.8, 4) is 22.4 Å². The highest BCUT2D eigenvalue weighted by molar-refractivity contribution is 5.91. The van der Waals surface area contributed by atoms with E-state index in [1.165, 1.54) is 0 Å². The van der Waals surface area contributed by atoms with Gasteiger partial charge in [0.1, 0.15) is 5.69 Å². The number of halogens is 2. The van der Waals surface area contributed by atoms with Crippen LogP contribution < -0.4 is 16.4 Å². The zero-order valence-corrected chi connectivity index (χ0v) is 22.9. The monoisotopic (exact) mass is 563 g/mol. The Morgan fingerprint density at radius 3 is 2.27 bits per heavy atom. The van der Waals surface area contributed by atoms with Crippen molar-refractivity contribution < 1.29 is 23.5 Å². The first-order chi connectivity index (χ1) is 19.5. The van der Waals surface area contributed by atoms with E-state index in [-0.39, 0.29) is 24.3 Å². The summed E-state index contributed by atoms with van der Waals surface area (Å²) in [7, 11) is 0. The van der Waals surface area contributed by atoms with Crippen molar-refractivity contribution in [1.29, 1.82) is 0 Å². The van der Waals surface area contributed by atoms with Crippen molar-refractivity contribution in [2.45, 2.75) is 75.5 Å². The third kappa shape index (κ3) is 6.77. The summed E-state index contributed by atoms with van der Waals surface area (Å²) in [6.45, 7) is 1.79. The van der Waals surface area contributed by atoms with Gasteiger partial charge in [-0.2, -0.15) is 8.78 Å². The van der Waals surface area contributed by atoms with Crippen molar-refractivity contribution >= 4 is 17.6 Å². The van der Waals surface area contributed by atoms with Gasteiger partial charge in [0.25, 0.3) is 5.91 Å². The van der Waals surface area contributed by atoms with Gasteiger partial charge in [-0.25, -0.2) is 0 Å². The van der Waals surface area contributed by atoms with Crippen molar-refractivity contribution in [2.75, 3.05) is 5.32 Å². The molecule has 5 N–H and O–H groups in total. The first-order valence-electron chi connectivity index (χ1n) is 13.9. The van der Waals surface area contributed by atoms with E-state index < -0.39 is 23.5 Å². The van der Waals surface area contributed by atoms with Crippen molar-refractivity contribution in [3.63, 3.8) is 0 Å². The van der Waals surface area contributed by atoms with Gasteiger partial charge in [0, 0.05) is 29.1 Å². The zero-order valence-electron chi connectivity index (χ0n) is 22.9. The molecule has 2 aliphatic carbocycles. The number of rotatable bonds is 8. The second-order valence-electron chi connectivity index (χ2n) is 11.7. The SMILES string of the molecule is C[C@]1(O)C[C@@](N)(c2ccc(-c3nnc(NC(=O)CC4CCC(NC(=O)C(F)F)CC4)cc3-c3ccccc3)cc2)C1. The fourth-order valence-electron chi connectivity index (χ4n) is 6.21. The molecule has 1 aromatic heterocycles. The molecule has 2 saturated carbocycles. The number of amides is 2. The Morgan fingerprint density at radius 2 is 1.66 bits per heavy atom. The summed E-state index contributed by atoms with van der Waals surface area (Å²) >= 11 is 0. The molecular weight excluding hydrogens is 528 g/mol. The predicted molar refractivity (Wildman–Crippen MR) is 152 cm³/mol. The Balaban J connectivity index is 1.27. The van der Waals surface area contributed by atoms with Gasteiger partial charge in [0.15, 0.2) is 5.82 Å². The first kappa shape index (κ1) is 28.8. The number of carbonyl (C=O) groups is 2. The molecule has 5 rings (SSSR count). The Hall–Kier alpha value is -3.76. The van der Waals surface area contributed by atoms with E-state index in [2.05, 4.69) is 20.8 Å². The molecule has 2 aromatic carbocycles. The number of nitrogens with zero attached hydrogens (tertiary/aromatic N) is 2. The third-order valence-electron chi connectivity index (χ3n) is 8.14. The van der Waals surface area contributed by atoms with E-state index in [0.717, 1.165) is 22.3 Å². The highest BCUT2D eigenvalue weighted by atomic mass is 19.3. The molecule has 0 unspecified atom stereocenters. The van der Waals surface area contributed by atoms with Gasteiger partial charge in [0.05, 0.1) is 5.60 Å². The van der Waals surface area contributed by atoms with Gasteiger partial charge in [-0.15, -0.1) is 10.2 Å². The zero-order chi connectivity index (χ0) is 29.2. The van der Waals surface area contributed by atoms with Crippen LogP contribution in [0.15, 0.2) is 60.7 Å². The summed E-state index contributed by atoms with van der Waals surface area (Å²) in [5, 5.41) is 24.2. The van der Waals surface area contributed by atoms with E-state index in [9.17, 15) is 23.5 Å². The molecule has 3 aromatic rings. The highest BCUT2D eigenvalue weighted by Crippen LogP contribution is 2.46. The second-order valence-corrected chi connectivity index (χ2v) is 11.7. The molecule has 216 valence electrons. The number of anilines is 1. The van der Waals surface area contributed by atoms with Crippen LogP contribution in [0, 0.1) is 5.92 Å². The number of alkyl halides is 2. The number of nitrogens with one attached hydrogen (secondary N) is 2. The maximum atomic E-state index is 12.9. The van der Waals surface area contributed by atoms with E-state index in [1.54, 1.807) is 6.92 Å². The Kier molecular flexibility index (Phi) is 8.15. The molecule has 1 heterocycles. The van der Waals surface area contributed by atoms with Crippen LogP contribution >= 0.6 is 0 Å². The summed E-state index contributed by atoms with van der Waals surface area (Å²) in [5.74, 6) is -1.00. The van der Waals surface area contributed by atoms with Crippen LogP contribution in [0.5, 0.6) is 0 Å². The van der Waals surface area contributed by atoms with Crippen LogP contribution in [0.25, 0.3) is 22.4 Å². The lowest BCUT2D eigenvalue weighted by molar-refractivity contribution is -0.132. The molecule has 2 fully saturated rings. The van der Waals surface area contributed by atoms with Crippen LogP contribution in [0.4, 0.5) is 14.6 Å². The molecule has 0 radical (unpaired) electrons. The maximum absolute atomic E-state index is 12.9. The standard InChI is InChI=1S/C31H35F2N5O3/c1-30(41)17-31(34,18-30)22-11-9-21(10-12-22)27-24(20-5-3-2-4-6-20)16-25(37-38-27)36-26(39)15-19-7-13-23(14-8-19)35-29(40)28(32)33/h2-6,9-12,16,19,23,28,41H,7-8,13-15,17-18,34H2,1H3,(H,35,40)(H,36,37,39)/t19?,23?,30-,31-. The van der Waals surface area contributed by atoms with Gasteiger partial charge >= 0.3 is 6.43 Å². The van der Waals surface area contributed by atoms with Crippen molar-refractivity contribution in [1.82, 2.24) is 15.5 Å². The van der Waals surface area contributed by atoms with Gasteiger partial charge in [-0.1, -0.05) is 54.6 Å². The topological polar surface area (TPSA) is 130 Å². The van der Waals surface area contributed by atoms with Gasteiger partial charge in [0.2, 0.25) is 5.91 Å². The molecule has 0 bridgehead atoms. The molecule has 8 nitrogen and oxygen atoms in total. The number of hydrogen-bond donors (Lipinski definition) is 4. The molecule has 0 aliphatic heterocycles. The number of hydrogen-bond acceptors (Lipinski definition) is 6. The maximum Gasteiger partial charge on any atom is 0.315 e. The summed E-state index contributed by atoms with van der Waals surface area (Å²) in [4.78, 5) is 24.1. The predicted octanol–water partition coefficient (Wildman–Crippen LogP) is 4.78. The average Bonchev–Trinajstić information content (AvgIpc) is 2.93. The number of benzene rings is 2. The number of nitrogens with two attached hydrogens (primary N) is 1. The molecule has 10 heteroatoms. The molecule has 0 spiro atoms. The highest BCUT2D eigenvalue weighted by Gasteiger charge is 2.49. The molecule has 0 saturated heterocycles. The van der Waals surface area contributed by atoms with E-state index in [4.69, 9.17) is 5.73 Å². The van der Waals surface area contributed by atoms with Crippen LogP contribution in [0.2, 0.25) is 0 Å². The second kappa shape index (κ2) is 11.6. The Morgan fingerprint density at radius 1 is 1.00 bits per heavy atom. The van der Waals surface area contributed by atoms with Crippen LogP contribution in [0.1, 0.15) is 57.4 Å². The van der Waals surface area contributed by atoms with E-state index >= 15 is 0 Å². The van der Waals surface area contributed by atoms with Crippen molar-refractivity contribution in [2.24, 2.45) is 11.7 Å². The Bertz CT molecular complexity index is 1380. The summed E-state index contributed by atoms with van der Waals surface area (Å²) in [6.07, 6.45) is 0.709. The summed E-state index contributed by atoms with van der Waals surface area (Å²) in [6, 6.07) is 19.1. The minimum atomic E-state index is -3.02. The lowest BCUT2D eigenvalue weighted by atomic mass is 9.63. The van der Waals surface area contributed by atoms with E-state index in [1.807, 2.05) is 60.7 Å². The van der Waals surface area contributed by atoms with Crippen molar-refractivity contribution in [3.05, 3.63) is 66.2 Å². The van der Waals surface area contributed by atoms with Crippen LogP contribution in [0.3, 0.4) is 0 Å². The fraction of sp³-hybridized carbons (Fsp3) is 0.419. The fourth-order valence-corrected chi connectivity index (χ4v) is 6.21. The lowest BCUT2D eigenvalue weighted by Crippen LogP contribution is -2.58. The first-order valence-corrected chi connectivity index (χ1v) is 13.9. The minimum absolute atomic E-state index is 0.0965. The summed E-state index contributed by atoms with van der Waals surface area (Å²) < 4.78 is 25.0. The average molecular weight is 564 g/mol. The number of aliphatic hydroxyl groups is 1. The quantitative estimate of drug-likeness (QED) is 0.312. The molecule has 2 aliphatic rings. The number of carbonyl (C=O) groups excluding carboxylic acids is 2. The van der Waals surface area contributed by atoms with Crippen LogP contribution in [-0.4, -0.2) is 45.2 Å². The Labute approximate surface area is 237 Å². The normalized spacial score (nSPS) is 25.8. The summed E-state index contributed by atoms with van der Waals surface area (Å²) in [5.41, 5.74) is 9.42. The van der Waals surface area contributed by atoms with Gasteiger partial charge in [-0.05, 0) is 68.6 Å². The number of aromatic nitrogens is 2. The van der Waals surface area contributed by atoms with Gasteiger partial charge in [-0.3, -0.25) is 9.59 Å². The minimum Gasteiger partial charge on any atom is -0.390 e. The molecular formula is C31H35F2N5O3. The lowest BCUT2D eigenvalue weighted by Gasteiger charge is -2.49. The largest absolute Gasteiger partial charge is 0.390 e. The van der Waals surface area contributed by atoms with E-state index in [0.29, 0.717) is 50.0 Å². The van der Waals surface area contributed by atoms with Gasteiger partial charge < -0.3 is 21.5 Å². The van der Waals surface area contributed by atoms with Crippen LogP contribution in [-0.2, 0) is 15.1 Å². The molecule has 0 atom stereocenters. The molecule has 2 amide bonds.